The highest BCUT2D eigenvalue weighted by atomic mass is 32.2. The summed E-state index contributed by atoms with van der Waals surface area (Å²) in [6, 6.07) is 7.61. The van der Waals surface area contributed by atoms with E-state index in [1.54, 1.807) is 0 Å². The normalized spacial score (nSPS) is 10.6. The molecule has 0 radical (unpaired) electrons. The van der Waals surface area contributed by atoms with Gasteiger partial charge in [-0.25, -0.2) is 8.42 Å². The van der Waals surface area contributed by atoms with Crippen LogP contribution in [0.25, 0.3) is 0 Å². The summed E-state index contributed by atoms with van der Waals surface area (Å²) in [6.07, 6.45) is 1.08. The Morgan fingerprint density at radius 1 is 1.47 bits per heavy atom. The van der Waals surface area contributed by atoms with Crippen molar-refractivity contribution in [2.24, 2.45) is 0 Å². The summed E-state index contributed by atoms with van der Waals surface area (Å²) >= 11 is 0. The molecular weight excluding hydrogens is 240 g/mol. The minimum absolute atomic E-state index is 0.0397. The minimum Gasteiger partial charge on any atom is -0.328 e. The molecule has 0 atom stereocenters. The van der Waals surface area contributed by atoms with Gasteiger partial charge in [0.1, 0.15) is 6.54 Å². The number of nitrogens with zero attached hydrogens (tertiary/aromatic N) is 2. The van der Waals surface area contributed by atoms with E-state index in [9.17, 15) is 13.2 Å². The molecule has 90 valence electrons. The van der Waals surface area contributed by atoms with Crippen LogP contribution in [0.5, 0.6) is 0 Å². The number of carbonyl (C=O) groups excluding carboxylic acids is 1. The molecule has 6 heteroatoms. The van der Waals surface area contributed by atoms with Gasteiger partial charge in [0.15, 0.2) is 9.84 Å². The van der Waals surface area contributed by atoms with Gasteiger partial charge in [-0.05, 0) is 18.2 Å². The van der Waals surface area contributed by atoms with Crippen LogP contribution in [0.1, 0.15) is 10.4 Å². The van der Waals surface area contributed by atoms with Gasteiger partial charge in [0.2, 0.25) is 0 Å². The maximum absolute atomic E-state index is 11.8. The summed E-state index contributed by atoms with van der Waals surface area (Å²) in [6.45, 7) is -0.0397. The summed E-state index contributed by atoms with van der Waals surface area (Å²) in [5.41, 5.74) is 0.255. The number of carbonyl (C=O) groups is 1. The average Bonchev–Trinajstić information content (AvgIpc) is 2.27. The Kier molecular flexibility index (Phi) is 3.86. The number of amides is 1. The lowest BCUT2D eigenvalue weighted by Crippen LogP contribution is -2.27. The SMILES string of the molecule is CN(CC#N)C(=O)c1cccc(S(C)(=O)=O)c1. The first-order chi connectivity index (χ1) is 7.86. The molecule has 0 aliphatic heterocycles. The first-order valence-corrected chi connectivity index (χ1v) is 6.68. The van der Waals surface area contributed by atoms with Crippen LogP contribution < -0.4 is 0 Å². The quantitative estimate of drug-likeness (QED) is 0.741. The van der Waals surface area contributed by atoms with Crippen molar-refractivity contribution in [3.8, 4) is 6.07 Å². The second kappa shape index (κ2) is 4.97. The summed E-state index contributed by atoms with van der Waals surface area (Å²) in [5.74, 6) is -0.378. The maximum Gasteiger partial charge on any atom is 0.254 e. The van der Waals surface area contributed by atoms with Gasteiger partial charge in [-0.3, -0.25) is 4.79 Å². The zero-order valence-electron chi connectivity index (χ0n) is 9.54. The summed E-state index contributed by atoms with van der Waals surface area (Å²) in [5, 5.41) is 8.48. The molecule has 1 amide bonds. The van der Waals surface area contributed by atoms with Gasteiger partial charge in [-0.15, -0.1) is 0 Å². The van der Waals surface area contributed by atoms with E-state index >= 15 is 0 Å². The molecule has 0 N–H and O–H groups in total. The van der Waals surface area contributed by atoms with Crippen molar-refractivity contribution >= 4 is 15.7 Å². The highest BCUT2D eigenvalue weighted by molar-refractivity contribution is 7.90. The van der Waals surface area contributed by atoms with Crippen LogP contribution in [0.15, 0.2) is 29.2 Å². The van der Waals surface area contributed by atoms with Crippen LogP contribution >= 0.6 is 0 Å². The van der Waals surface area contributed by atoms with E-state index in [0.29, 0.717) is 0 Å². The molecule has 5 nitrogen and oxygen atoms in total. The standard InChI is InChI=1S/C11H12N2O3S/c1-13(7-6-12)11(14)9-4-3-5-10(8-9)17(2,15)16/h3-5,8H,7H2,1-2H3. The molecule has 17 heavy (non-hydrogen) atoms. The second-order valence-electron chi connectivity index (χ2n) is 3.62. The molecule has 0 spiro atoms. The van der Waals surface area contributed by atoms with Crippen LogP contribution in [-0.4, -0.2) is 39.1 Å². The Bertz CT molecular complexity index is 573. The molecule has 0 aliphatic rings. The predicted molar refractivity (Wildman–Crippen MR) is 62.1 cm³/mol. The van der Waals surface area contributed by atoms with Crippen LogP contribution in [0.2, 0.25) is 0 Å². The lowest BCUT2D eigenvalue weighted by Gasteiger charge is -2.13. The van der Waals surface area contributed by atoms with Gasteiger partial charge in [-0.1, -0.05) is 6.07 Å². The van der Waals surface area contributed by atoms with E-state index in [1.165, 1.54) is 36.2 Å². The molecule has 0 heterocycles. The van der Waals surface area contributed by atoms with Crippen LogP contribution in [0.3, 0.4) is 0 Å². The van der Waals surface area contributed by atoms with Crippen molar-refractivity contribution in [1.29, 1.82) is 5.26 Å². The van der Waals surface area contributed by atoms with Crippen molar-refractivity contribution < 1.29 is 13.2 Å². The molecule has 0 fully saturated rings. The molecule has 0 saturated carbocycles. The lowest BCUT2D eigenvalue weighted by molar-refractivity contribution is 0.0811. The Morgan fingerprint density at radius 3 is 2.65 bits per heavy atom. The van der Waals surface area contributed by atoms with Crippen molar-refractivity contribution in [1.82, 2.24) is 4.90 Å². The monoisotopic (exact) mass is 252 g/mol. The van der Waals surface area contributed by atoms with E-state index in [0.717, 1.165) is 6.26 Å². The van der Waals surface area contributed by atoms with Gasteiger partial charge >= 0.3 is 0 Å². The van der Waals surface area contributed by atoms with Crippen LogP contribution in [-0.2, 0) is 9.84 Å². The van der Waals surface area contributed by atoms with Crippen LogP contribution in [0, 0.1) is 11.3 Å². The lowest BCUT2D eigenvalue weighted by atomic mass is 10.2. The average molecular weight is 252 g/mol. The molecule has 1 rings (SSSR count). The van der Waals surface area contributed by atoms with E-state index < -0.39 is 9.84 Å². The molecule has 0 unspecified atom stereocenters. The smallest absolute Gasteiger partial charge is 0.254 e. The summed E-state index contributed by atoms with van der Waals surface area (Å²) < 4.78 is 22.7. The molecular formula is C11H12N2O3S. The van der Waals surface area contributed by atoms with Gasteiger partial charge in [-0.2, -0.15) is 5.26 Å². The highest BCUT2D eigenvalue weighted by Gasteiger charge is 2.14. The first-order valence-electron chi connectivity index (χ1n) is 4.79. The maximum atomic E-state index is 11.8. The zero-order chi connectivity index (χ0) is 13.1. The molecule has 0 aromatic heterocycles. The Hall–Kier alpha value is -1.87. The molecule has 0 bridgehead atoms. The number of hydrogen-bond acceptors (Lipinski definition) is 4. The van der Waals surface area contributed by atoms with Gasteiger partial charge in [0.25, 0.3) is 5.91 Å². The number of rotatable bonds is 3. The third kappa shape index (κ3) is 3.29. The molecule has 0 aliphatic carbocycles. The minimum atomic E-state index is -3.33. The van der Waals surface area contributed by atoms with E-state index in [1.807, 2.05) is 6.07 Å². The topological polar surface area (TPSA) is 78.2 Å². The number of nitriles is 1. The first kappa shape index (κ1) is 13.2. The Balaban J connectivity index is 3.09. The van der Waals surface area contributed by atoms with Crippen molar-refractivity contribution in [2.45, 2.75) is 4.90 Å². The summed E-state index contributed by atoms with van der Waals surface area (Å²) in [4.78, 5) is 13.1. The number of benzene rings is 1. The van der Waals surface area contributed by atoms with E-state index in [4.69, 9.17) is 5.26 Å². The van der Waals surface area contributed by atoms with Crippen LogP contribution in [0.4, 0.5) is 0 Å². The third-order valence-corrected chi connectivity index (χ3v) is 3.27. The number of hydrogen-bond donors (Lipinski definition) is 0. The van der Waals surface area contributed by atoms with Crippen molar-refractivity contribution in [2.75, 3.05) is 19.8 Å². The molecule has 1 aromatic carbocycles. The fourth-order valence-electron chi connectivity index (χ4n) is 1.26. The second-order valence-corrected chi connectivity index (χ2v) is 5.64. The molecule has 1 aromatic rings. The van der Waals surface area contributed by atoms with Gasteiger partial charge in [0, 0.05) is 18.9 Å². The van der Waals surface area contributed by atoms with E-state index in [2.05, 4.69) is 0 Å². The van der Waals surface area contributed by atoms with Crippen molar-refractivity contribution in [3.05, 3.63) is 29.8 Å². The fraction of sp³-hybridized carbons (Fsp3) is 0.273. The van der Waals surface area contributed by atoms with E-state index in [-0.39, 0.29) is 22.9 Å². The van der Waals surface area contributed by atoms with Gasteiger partial charge < -0.3 is 4.90 Å². The zero-order valence-corrected chi connectivity index (χ0v) is 10.4. The fourth-order valence-corrected chi connectivity index (χ4v) is 1.92. The van der Waals surface area contributed by atoms with Gasteiger partial charge in [0.05, 0.1) is 11.0 Å². The Morgan fingerprint density at radius 2 is 2.12 bits per heavy atom. The third-order valence-electron chi connectivity index (χ3n) is 2.16. The highest BCUT2D eigenvalue weighted by Crippen LogP contribution is 2.12. The number of sulfone groups is 1. The predicted octanol–water partition coefficient (Wildman–Crippen LogP) is 0.686. The summed E-state index contributed by atoms with van der Waals surface area (Å²) in [7, 11) is -1.85. The van der Waals surface area contributed by atoms with Crippen molar-refractivity contribution in [3.63, 3.8) is 0 Å². The largest absolute Gasteiger partial charge is 0.328 e. The molecule has 0 saturated heterocycles. The Labute approximate surface area is 100 Å².